The summed E-state index contributed by atoms with van der Waals surface area (Å²) in [5.41, 5.74) is 1.99. The number of hydrogen-bond acceptors (Lipinski definition) is 8. The molecule has 3 heterocycles. The van der Waals surface area contributed by atoms with Crippen molar-refractivity contribution in [2.24, 2.45) is 0 Å². The van der Waals surface area contributed by atoms with E-state index in [-0.39, 0.29) is 24.1 Å². The van der Waals surface area contributed by atoms with Crippen LogP contribution in [0.3, 0.4) is 0 Å². The van der Waals surface area contributed by atoms with Crippen LogP contribution in [0, 0.1) is 0 Å². The molecule has 0 atom stereocenters. The number of carbonyl (C=O) groups excluding carboxylic acids is 3. The number of thiazole rings is 1. The van der Waals surface area contributed by atoms with Crippen molar-refractivity contribution in [3.05, 3.63) is 64.6 Å². The summed E-state index contributed by atoms with van der Waals surface area (Å²) in [7, 11) is 0. The molecule has 4 rings (SSSR count). The van der Waals surface area contributed by atoms with Crippen molar-refractivity contribution in [3.63, 3.8) is 0 Å². The molecule has 1 aliphatic heterocycles. The molecule has 32 heavy (non-hydrogen) atoms. The maximum atomic E-state index is 12.5. The first kappa shape index (κ1) is 21.7. The van der Waals surface area contributed by atoms with Crippen LogP contribution in [-0.2, 0) is 22.5 Å². The lowest BCUT2D eigenvalue weighted by atomic mass is 10.2. The molecule has 1 aliphatic rings. The molecular formula is C22H22N4O5S. The van der Waals surface area contributed by atoms with Gasteiger partial charge in [0, 0.05) is 30.1 Å². The number of rotatable bonds is 7. The van der Waals surface area contributed by atoms with Crippen LogP contribution in [0.5, 0.6) is 0 Å². The van der Waals surface area contributed by atoms with Crippen molar-refractivity contribution in [2.45, 2.75) is 19.9 Å². The number of amides is 2. The Balaban J connectivity index is 1.30. The maximum absolute atomic E-state index is 12.5. The molecule has 0 spiro atoms. The van der Waals surface area contributed by atoms with E-state index in [0.717, 1.165) is 10.6 Å². The Labute approximate surface area is 188 Å². The van der Waals surface area contributed by atoms with Gasteiger partial charge in [-0.3, -0.25) is 19.8 Å². The van der Waals surface area contributed by atoms with Gasteiger partial charge < -0.3 is 14.5 Å². The Kier molecular flexibility index (Phi) is 6.62. The quantitative estimate of drug-likeness (QED) is 0.527. The van der Waals surface area contributed by atoms with Crippen molar-refractivity contribution < 1.29 is 23.5 Å². The predicted octanol–water partition coefficient (Wildman–Crippen LogP) is 3.16. The number of aromatic nitrogens is 1. The average molecular weight is 455 g/mol. The van der Waals surface area contributed by atoms with E-state index >= 15 is 0 Å². The molecule has 0 saturated carbocycles. The van der Waals surface area contributed by atoms with Crippen LogP contribution in [0.1, 0.15) is 38.4 Å². The Morgan fingerprint density at radius 3 is 2.72 bits per heavy atom. The van der Waals surface area contributed by atoms with Crippen molar-refractivity contribution in [3.8, 4) is 0 Å². The molecule has 166 valence electrons. The number of nitrogens with zero attached hydrogens (tertiary/aromatic N) is 2. The molecule has 2 N–H and O–H groups in total. The molecular weight excluding hydrogens is 432 g/mol. The number of nitrogens with one attached hydrogen (secondary N) is 2. The van der Waals surface area contributed by atoms with Gasteiger partial charge >= 0.3 is 5.97 Å². The van der Waals surface area contributed by atoms with Crippen molar-refractivity contribution >= 4 is 39.9 Å². The topological polar surface area (TPSA) is 114 Å². The molecule has 0 unspecified atom stereocenters. The lowest BCUT2D eigenvalue weighted by Gasteiger charge is -2.25. The second-order valence-electron chi connectivity index (χ2n) is 7.13. The number of ether oxygens (including phenoxy) is 1. The standard InChI is InChI=1S/C22H22N4O5S/c1-2-30-21(29)14-5-7-15(8-6-14)23-19(27)13-26-10-9-16-18(12-26)32-22(24-16)25-20(28)17-4-3-11-31-17/h3-8,11H,2,9-10,12-13H2,1H3,(H,23,27)(H,24,25,28). The van der Waals surface area contributed by atoms with Crippen molar-refractivity contribution in [1.29, 1.82) is 0 Å². The molecule has 10 heteroatoms. The fourth-order valence-electron chi connectivity index (χ4n) is 3.31. The predicted molar refractivity (Wildman–Crippen MR) is 119 cm³/mol. The average Bonchev–Trinajstić information content (AvgIpc) is 3.44. The Morgan fingerprint density at radius 2 is 2.00 bits per heavy atom. The van der Waals surface area contributed by atoms with Crippen LogP contribution in [0.4, 0.5) is 10.8 Å². The SMILES string of the molecule is CCOC(=O)c1ccc(NC(=O)CN2CCc3nc(NC(=O)c4ccco4)sc3C2)cc1. The summed E-state index contributed by atoms with van der Waals surface area (Å²) in [6.07, 6.45) is 2.14. The number of fused-ring (bicyclic) bond motifs is 1. The lowest BCUT2D eigenvalue weighted by Crippen LogP contribution is -2.36. The van der Waals surface area contributed by atoms with Gasteiger partial charge in [0.05, 0.1) is 30.7 Å². The van der Waals surface area contributed by atoms with Crippen LogP contribution >= 0.6 is 11.3 Å². The first-order valence-electron chi connectivity index (χ1n) is 10.1. The van der Waals surface area contributed by atoms with E-state index in [4.69, 9.17) is 9.15 Å². The van der Waals surface area contributed by atoms with E-state index in [2.05, 4.69) is 15.6 Å². The van der Waals surface area contributed by atoms with E-state index in [1.54, 1.807) is 43.3 Å². The molecule has 0 fully saturated rings. The number of carbonyl (C=O) groups is 3. The molecule has 3 aromatic rings. The summed E-state index contributed by atoms with van der Waals surface area (Å²) in [6, 6.07) is 9.84. The molecule has 0 saturated heterocycles. The second kappa shape index (κ2) is 9.75. The van der Waals surface area contributed by atoms with Crippen LogP contribution < -0.4 is 10.6 Å². The number of hydrogen-bond donors (Lipinski definition) is 2. The Morgan fingerprint density at radius 1 is 1.19 bits per heavy atom. The van der Waals surface area contributed by atoms with E-state index < -0.39 is 5.97 Å². The van der Waals surface area contributed by atoms with Gasteiger partial charge in [-0.1, -0.05) is 0 Å². The largest absolute Gasteiger partial charge is 0.462 e. The first-order chi connectivity index (χ1) is 15.5. The molecule has 2 amide bonds. The fourth-order valence-corrected chi connectivity index (χ4v) is 4.36. The Hall–Kier alpha value is -3.50. The van der Waals surface area contributed by atoms with E-state index in [0.29, 0.717) is 42.5 Å². The third-order valence-electron chi connectivity index (χ3n) is 4.82. The van der Waals surface area contributed by atoms with Gasteiger partial charge in [-0.2, -0.15) is 0 Å². The first-order valence-corrected chi connectivity index (χ1v) is 11.0. The summed E-state index contributed by atoms with van der Waals surface area (Å²) < 4.78 is 10.1. The van der Waals surface area contributed by atoms with Crippen LogP contribution in [0.2, 0.25) is 0 Å². The highest BCUT2D eigenvalue weighted by atomic mass is 32.1. The molecule has 0 bridgehead atoms. The molecule has 0 aliphatic carbocycles. The number of furan rings is 1. The zero-order valence-electron chi connectivity index (χ0n) is 17.4. The van der Waals surface area contributed by atoms with Gasteiger partial charge in [0.15, 0.2) is 10.9 Å². The zero-order chi connectivity index (χ0) is 22.5. The van der Waals surface area contributed by atoms with Gasteiger partial charge in [-0.15, -0.1) is 11.3 Å². The summed E-state index contributed by atoms with van der Waals surface area (Å²) in [5, 5.41) is 6.12. The molecule has 2 aromatic heterocycles. The van der Waals surface area contributed by atoms with Gasteiger partial charge in [0.2, 0.25) is 5.91 Å². The second-order valence-corrected chi connectivity index (χ2v) is 8.21. The van der Waals surface area contributed by atoms with Gasteiger partial charge in [-0.25, -0.2) is 9.78 Å². The smallest absolute Gasteiger partial charge is 0.338 e. The number of esters is 1. The summed E-state index contributed by atoms with van der Waals surface area (Å²) in [6.45, 7) is 3.56. The van der Waals surface area contributed by atoms with Crippen LogP contribution in [-0.4, -0.2) is 47.4 Å². The summed E-state index contributed by atoms with van der Waals surface area (Å²) in [4.78, 5) is 43.9. The molecule has 0 radical (unpaired) electrons. The maximum Gasteiger partial charge on any atom is 0.338 e. The minimum Gasteiger partial charge on any atom is -0.462 e. The van der Waals surface area contributed by atoms with E-state index in [1.807, 2.05) is 4.90 Å². The van der Waals surface area contributed by atoms with Gasteiger partial charge in [0.25, 0.3) is 5.91 Å². The number of anilines is 2. The van der Waals surface area contributed by atoms with E-state index in [1.165, 1.54) is 17.6 Å². The summed E-state index contributed by atoms with van der Waals surface area (Å²) in [5.74, 6) is -0.648. The number of benzene rings is 1. The van der Waals surface area contributed by atoms with Crippen molar-refractivity contribution in [1.82, 2.24) is 9.88 Å². The third kappa shape index (κ3) is 5.21. The third-order valence-corrected chi connectivity index (χ3v) is 5.82. The molecule has 9 nitrogen and oxygen atoms in total. The fraction of sp³-hybridized carbons (Fsp3) is 0.273. The van der Waals surface area contributed by atoms with Crippen LogP contribution in [0.25, 0.3) is 0 Å². The minimum absolute atomic E-state index is 0.145. The highest BCUT2D eigenvalue weighted by Gasteiger charge is 2.23. The summed E-state index contributed by atoms with van der Waals surface area (Å²) >= 11 is 1.40. The van der Waals surface area contributed by atoms with Crippen LogP contribution in [0.15, 0.2) is 47.1 Å². The van der Waals surface area contributed by atoms with Crippen molar-refractivity contribution in [2.75, 3.05) is 30.3 Å². The molecule has 1 aromatic carbocycles. The Bertz CT molecular complexity index is 1110. The van der Waals surface area contributed by atoms with Gasteiger partial charge in [0.1, 0.15) is 0 Å². The zero-order valence-corrected chi connectivity index (χ0v) is 18.2. The minimum atomic E-state index is -0.390. The lowest BCUT2D eigenvalue weighted by molar-refractivity contribution is -0.117. The highest BCUT2D eigenvalue weighted by Crippen LogP contribution is 2.28. The highest BCUT2D eigenvalue weighted by molar-refractivity contribution is 7.15. The van der Waals surface area contributed by atoms with E-state index in [9.17, 15) is 14.4 Å². The normalized spacial score (nSPS) is 13.3. The van der Waals surface area contributed by atoms with Gasteiger partial charge in [-0.05, 0) is 43.3 Å². The monoisotopic (exact) mass is 454 g/mol.